The lowest BCUT2D eigenvalue weighted by molar-refractivity contribution is -0.572. The maximum absolute atomic E-state index is 6.68. The lowest BCUT2D eigenvalue weighted by Crippen LogP contribution is -2.30. The number of rotatable bonds is 5. The van der Waals surface area contributed by atoms with Crippen molar-refractivity contribution in [3.63, 3.8) is 0 Å². The van der Waals surface area contributed by atoms with Gasteiger partial charge < -0.3 is 4.74 Å². The molecule has 0 aliphatic rings. The molecule has 8 rings (SSSR count). The van der Waals surface area contributed by atoms with Crippen molar-refractivity contribution >= 4 is 32.8 Å². The van der Waals surface area contributed by atoms with E-state index in [2.05, 4.69) is 192 Å². The van der Waals surface area contributed by atoms with E-state index in [9.17, 15) is 0 Å². The van der Waals surface area contributed by atoms with Gasteiger partial charge in [-0.05, 0) is 93.6 Å². The van der Waals surface area contributed by atoms with Crippen LogP contribution in [0.25, 0.3) is 50.0 Å². The van der Waals surface area contributed by atoms with Crippen molar-refractivity contribution in [3.8, 4) is 28.7 Å². The molecule has 0 fully saturated rings. The van der Waals surface area contributed by atoms with Gasteiger partial charge in [-0.25, -0.2) is 4.98 Å². The van der Waals surface area contributed by atoms with Crippen LogP contribution in [0.5, 0.6) is 11.5 Å². The Balaban J connectivity index is 1.22. The van der Waals surface area contributed by atoms with Gasteiger partial charge in [0.05, 0.1) is 33.4 Å². The molecule has 0 amide bonds. The predicted octanol–water partition coefficient (Wildman–Crippen LogP) is 11.9. The minimum atomic E-state index is -0.00941. The smallest absolute Gasteiger partial charge is 0.269 e. The number of para-hydroxylation sites is 2. The predicted molar refractivity (Wildman–Crippen MR) is 218 cm³/mol. The monoisotopic (exact) mass is 696 g/mol. The molecule has 0 aliphatic carbocycles. The van der Waals surface area contributed by atoms with Gasteiger partial charge in [0.15, 0.2) is 0 Å². The maximum atomic E-state index is 6.68. The van der Waals surface area contributed by atoms with Crippen LogP contribution in [-0.2, 0) is 16.2 Å². The van der Waals surface area contributed by atoms with Gasteiger partial charge in [0.2, 0.25) is 0 Å². The first kappa shape index (κ1) is 34.4. The summed E-state index contributed by atoms with van der Waals surface area (Å²) >= 11 is 0. The molecule has 8 aromatic rings. The SMILES string of the molecule is CC(C)(C)c1cccc(-[n+]2[c-]n(-c3cccc(Oc4ccc5c6ccc(C(C)(C)C)cc6n(-c6cc(C(C)(C)C)ccn6)c5c4)c3)c3ccccc32)c1. The first-order valence-electron chi connectivity index (χ1n) is 18.5. The number of hydrogen-bond donors (Lipinski definition) is 0. The van der Waals surface area contributed by atoms with Crippen LogP contribution in [0.1, 0.15) is 79.0 Å². The van der Waals surface area contributed by atoms with Gasteiger partial charge in [0, 0.05) is 23.0 Å². The third-order valence-corrected chi connectivity index (χ3v) is 10.3. The highest BCUT2D eigenvalue weighted by Gasteiger charge is 2.22. The Morgan fingerprint density at radius 2 is 1.19 bits per heavy atom. The van der Waals surface area contributed by atoms with Crippen molar-refractivity contribution in [1.82, 2.24) is 14.1 Å². The fourth-order valence-electron chi connectivity index (χ4n) is 7.16. The average molecular weight is 697 g/mol. The molecule has 0 bridgehead atoms. The lowest BCUT2D eigenvalue weighted by atomic mass is 9.86. The largest absolute Gasteiger partial charge is 0.458 e. The van der Waals surface area contributed by atoms with Gasteiger partial charge in [0.1, 0.15) is 17.3 Å². The fourth-order valence-corrected chi connectivity index (χ4v) is 7.16. The molecule has 0 atom stereocenters. The highest BCUT2D eigenvalue weighted by Crippen LogP contribution is 2.38. The molecule has 0 saturated carbocycles. The molecular weight excluding hydrogens is 649 g/mol. The average Bonchev–Trinajstić information content (AvgIpc) is 3.66. The van der Waals surface area contributed by atoms with Crippen LogP contribution in [0, 0.1) is 6.33 Å². The summed E-state index contributed by atoms with van der Waals surface area (Å²) in [6.45, 7) is 20.3. The Hall–Kier alpha value is -5.68. The van der Waals surface area contributed by atoms with E-state index in [1.807, 2.05) is 18.3 Å². The van der Waals surface area contributed by atoms with E-state index in [-0.39, 0.29) is 16.2 Å². The molecule has 0 saturated heterocycles. The Bertz CT molecular complexity index is 2650. The highest BCUT2D eigenvalue weighted by atomic mass is 16.5. The first-order valence-corrected chi connectivity index (χ1v) is 18.5. The number of nitrogens with zero attached hydrogens (tertiary/aromatic N) is 4. The molecule has 5 aromatic carbocycles. The minimum Gasteiger partial charge on any atom is -0.458 e. The number of pyridine rings is 1. The van der Waals surface area contributed by atoms with E-state index in [4.69, 9.17) is 9.72 Å². The van der Waals surface area contributed by atoms with Crippen LogP contribution in [0.4, 0.5) is 0 Å². The van der Waals surface area contributed by atoms with Gasteiger partial charge in [-0.1, -0.05) is 117 Å². The number of aromatic nitrogens is 4. The van der Waals surface area contributed by atoms with Crippen molar-refractivity contribution in [2.45, 2.75) is 78.6 Å². The third-order valence-electron chi connectivity index (χ3n) is 10.3. The zero-order chi connectivity index (χ0) is 37.3. The Labute approximate surface area is 313 Å². The lowest BCUT2D eigenvalue weighted by Gasteiger charge is -2.21. The van der Waals surface area contributed by atoms with Crippen LogP contribution in [0.15, 0.2) is 128 Å². The van der Waals surface area contributed by atoms with Crippen molar-refractivity contribution in [3.05, 3.63) is 151 Å². The van der Waals surface area contributed by atoms with Gasteiger partial charge in [-0.2, -0.15) is 0 Å². The number of hydrogen-bond acceptors (Lipinski definition) is 2. The van der Waals surface area contributed by atoms with Crippen LogP contribution < -0.4 is 9.30 Å². The molecule has 0 aliphatic heterocycles. The number of benzene rings is 5. The zero-order valence-electron chi connectivity index (χ0n) is 32.3. The molecule has 0 unspecified atom stereocenters. The molecule has 0 spiro atoms. The molecule has 5 nitrogen and oxygen atoms in total. The Morgan fingerprint density at radius 3 is 1.94 bits per heavy atom. The van der Waals surface area contributed by atoms with Crippen molar-refractivity contribution in [2.75, 3.05) is 0 Å². The van der Waals surface area contributed by atoms with Crippen LogP contribution in [0.2, 0.25) is 0 Å². The second kappa shape index (κ2) is 12.5. The summed E-state index contributed by atoms with van der Waals surface area (Å²) in [6.07, 6.45) is 5.58. The zero-order valence-corrected chi connectivity index (χ0v) is 32.3. The summed E-state index contributed by atoms with van der Waals surface area (Å²) in [6, 6.07) is 43.0. The third kappa shape index (κ3) is 6.39. The fraction of sp³-hybridized carbons (Fsp3) is 0.250. The number of fused-ring (bicyclic) bond motifs is 4. The van der Waals surface area contributed by atoms with E-state index in [1.165, 1.54) is 22.1 Å². The molecule has 3 heterocycles. The van der Waals surface area contributed by atoms with Crippen molar-refractivity contribution < 1.29 is 9.30 Å². The summed E-state index contributed by atoms with van der Waals surface area (Å²) in [5.41, 5.74) is 10.3. The standard InChI is InChI=1S/C48H48N4O/c1-46(2,3)32-14-12-15-35(26-32)50-31-51(42-19-11-10-18-41(42)50)36-16-13-17-37(29-36)53-38-21-23-40-39-22-20-33(47(4,5)6)27-43(39)52(44(40)30-38)45-28-34(24-25-49-45)48(7,8)9/h10-30H,1-9H3. The summed E-state index contributed by atoms with van der Waals surface area (Å²) in [5, 5.41) is 2.36. The summed E-state index contributed by atoms with van der Waals surface area (Å²) in [4.78, 5) is 4.93. The normalized spacial score (nSPS) is 12.6. The molecule has 53 heavy (non-hydrogen) atoms. The van der Waals surface area contributed by atoms with E-state index in [0.29, 0.717) is 0 Å². The Kier molecular flexibility index (Phi) is 8.10. The molecule has 0 N–H and O–H groups in total. The van der Waals surface area contributed by atoms with Crippen LogP contribution in [0.3, 0.4) is 0 Å². The van der Waals surface area contributed by atoms with E-state index in [1.54, 1.807) is 0 Å². The van der Waals surface area contributed by atoms with Gasteiger partial charge in [-0.15, -0.1) is 0 Å². The molecule has 3 aromatic heterocycles. The van der Waals surface area contributed by atoms with Gasteiger partial charge in [-0.3, -0.25) is 13.7 Å². The topological polar surface area (TPSA) is 35.9 Å². The highest BCUT2D eigenvalue weighted by molar-refractivity contribution is 6.09. The summed E-state index contributed by atoms with van der Waals surface area (Å²) in [5.74, 6) is 2.41. The second-order valence-electron chi connectivity index (χ2n) is 17.3. The quantitative estimate of drug-likeness (QED) is 0.133. The van der Waals surface area contributed by atoms with E-state index in [0.717, 1.165) is 56.1 Å². The molecule has 5 heteroatoms. The minimum absolute atomic E-state index is 0.00759. The van der Waals surface area contributed by atoms with Crippen molar-refractivity contribution in [2.24, 2.45) is 0 Å². The number of ether oxygens (including phenoxy) is 1. The van der Waals surface area contributed by atoms with Crippen LogP contribution >= 0.6 is 0 Å². The van der Waals surface area contributed by atoms with Gasteiger partial charge >= 0.3 is 0 Å². The second-order valence-corrected chi connectivity index (χ2v) is 17.3. The maximum Gasteiger partial charge on any atom is 0.269 e. The number of imidazole rings is 1. The van der Waals surface area contributed by atoms with Crippen LogP contribution in [-0.4, -0.2) is 14.1 Å². The molecule has 266 valence electrons. The van der Waals surface area contributed by atoms with Crippen molar-refractivity contribution in [1.29, 1.82) is 0 Å². The van der Waals surface area contributed by atoms with E-state index >= 15 is 0 Å². The summed E-state index contributed by atoms with van der Waals surface area (Å²) in [7, 11) is 0. The first-order chi connectivity index (χ1) is 25.1. The molecule has 0 radical (unpaired) electrons. The molecular formula is C48H48N4O. The summed E-state index contributed by atoms with van der Waals surface area (Å²) < 4.78 is 13.2. The van der Waals surface area contributed by atoms with E-state index < -0.39 is 0 Å². The Morgan fingerprint density at radius 1 is 0.547 bits per heavy atom. The van der Waals surface area contributed by atoms with Gasteiger partial charge in [0.25, 0.3) is 6.33 Å².